The van der Waals surface area contributed by atoms with Gasteiger partial charge in [0.1, 0.15) is 0 Å². The van der Waals surface area contributed by atoms with E-state index in [1.807, 2.05) is 0 Å². The van der Waals surface area contributed by atoms with Gasteiger partial charge in [-0.3, -0.25) is 0 Å². The van der Waals surface area contributed by atoms with Crippen molar-refractivity contribution in [3.05, 3.63) is 29.4 Å². The average molecular weight is 181 g/mol. The van der Waals surface area contributed by atoms with Crippen LogP contribution in [-0.2, 0) is 0 Å². The first-order chi connectivity index (χ1) is 5.75. The molecule has 1 N–H and O–H groups in total. The summed E-state index contributed by atoms with van der Waals surface area (Å²) in [6.07, 6.45) is 1.53. The molecule has 3 nitrogen and oxygen atoms in total. The van der Waals surface area contributed by atoms with Crippen LogP contribution in [0.1, 0.15) is 0 Å². The van der Waals surface area contributed by atoms with Crippen molar-refractivity contribution in [2.75, 3.05) is 0 Å². The summed E-state index contributed by atoms with van der Waals surface area (Å²) in [7, 11) is 0. The van der Waals surface area contributed by atoms with Crippen LogP contribution >= 0.6 is 11.6 Å². The van der Waals surface area contributed by atoms with Gasteiger partial charge in [-0.1, -0.05) is 11.6 Å². The first-order valence-electron chi connectivity index (χ1n) is 3.37. The summed E-state index contributed by atoms with van der Waals surface area (Å²) in [6, 6.07) is 4.98. The van der Waals surface area contributed by atoms with Gasteiger partial charge in [0, 0.05) is 16.6 Å². The third-order valence-corrected chi connectivity index (χ3v) is 1.76. The first-order valence-corrected chi connectivity index (χ1v) is 3.75. The number of nitrogens with zero attached hydrogens (tertiary/aromatic N) is 2. The second-order valence-electron chi connectivity index (χ2n) is 2.37. The van der Waals surface area contributed by atoms with Crippen LogP contribution in [0.4, 0.5) is 0 Å². The molecule has 2 rings (SSSR count). The van der Waals surface area contributed by atoms with Crippen LogP contribution in [0.15, 0.2) is 24.4 Å². The molecule has 0 unspecified atom stereocenters. The van der Waals surface area contributed by atoms with Crippen molar-refractivity contribution in [1.82, 2.24) is 9.97 Å². The number of hydrogen-bond acceptors (Lipinski definition) is 3. The Morgan fingerprint density at radius 3 is 3.00 bits per heavy atom. The first kappa shape index (κ1) is 7.31. The predicted octanol–water partition coefficient (Wildman–Crippen LogP) is 1.99. The van der Waals surface area contributed by atoms with Crippen molar-refractivity contribution in [3.63, 3.8) is 0 Å². The van der Waals surface area contributed by atoms with E-state index in [-0.39, 0.29) is 6.01 Å². The van der Waals surface area contributed by atoms with Gasteiger partial charge in [0.15, 0.2) is 0 Å². The highest BCUT2D eigenvalue weighted by molar-refractivity contribution is 6.31. The molecule has 60 valence electrons. The van der Waals surface area contributed by atoms with Crippen molar-refractivity contribution < 1.29 is 5.11 Å². The monoisotopic (exact) mass is 180 g/mol. The van der Waals surface area contributed by atoms with E-state index < -0.39 is 0 Å². The van der Waals surface area contributed by atoms with E-state index in [1.54, 1.807) is 18.2 Å². The standard InChI is InChI=1S/C8H5ClN2O/c9-6-1-2-7-5(3-6)4-10-8(12)11-7/h1-4H,(H,10,11,12). The summed E-state index contributed by atoms with van der Waals surface area (Å²) in [5.74, 6) is 0. The predicted molar refractivity (Wildman–Crippen MR) is 46.2 cm³/mol. The molecule has 0 atom stereocenters. The normalized spacial score (nSPS) is 10.4. The topological polar surface area (TPSA) is 46.0 Å². The van der Waals surface area contributed by atoms with Crippen molar-refractivity contribution in [2.45, 2.75) is 0 Å². The van der Waals surface area contributed by atoms with Gasteiger partial charge < -0.3 is 5.11 Å². The number of fused-ring (bicyclic) bond motifs is 1. The Hall–Kier alpha value is -1.35. The Kier molecular flexibility index (Phi) is 1.59. The summed E-state index contributed by atoms with van der Waals surface area (Å²) in [6.45, 7) is 0. The summed E-state index contributed by atoms with van der Waals surface area (Å²) >= 11 is 5.74. The molecule has 0 aliphatic rings. The van der Waals surface area contributed by atoms with Crippen LogP contribution in [-0.4, -0.2) is 15.1 Å². The molecule has 0 amide bonds. The fraction of sp³-hybridized carbons (Fsp3) is 0. The largest absolute Gasteiger partial charge is 0.479 e. The second-order valence-corrected chi connectivity index (χ2v) is 2.81. The number of hydrogen-bond donors (Lipinski definition) is 1. The zero-order valence-electron chi connectivity index (χ0n) is 6.03. The van der Waals surface area contributed by atoms with E-state index in [9.17, 15) is 0 Å². The summed E-state index contributed by atoms with van der Waals surface area (Å²) in [5.41, 5.74) is 0.687. The Labute approximate surface area is 73.6 Å². The maximum absolute atomic E-state index is 8.94. The van der Waals surface area contributed by atoms with Gasteiger partial charge in [0.2, 0.25) is 0 Å². The number of benzene rings is 1. The summed E-state index contributed by atoms with van der Waals surface area (Å²) in [4.78, 5) is 7.44. The smallest absolute Gasteiger partial charge is 0.314 e. The highest BCUT2D eigenvalue weighted by atomic mass is 35.5. The van der Waals surface area contributed by atoms with Crippen molar-refractivity contribution in [3.8, 4) is 6.01 Å². The molecule has 12 heavy (non-hydrogen) atoms. The van der Waals surface area contributed by atoms with Crippen molar-refractivity contribution in [2.24, 2.45) is 0 Å². The third kappa shape index (κ3) is 1.19. The fourth-order valence-corrected chi connectivity index (χ4v) is 1.18. The maximum atomic E-state index is 8.94. The van der Waals surface area contributed by atoms with E-state index in [0.717, 1.165) is 5.39 Å². The van der Waals surface area contributed by atoms with Gasteiger partial charge in [0.25, 0.3) is 0 Å². The van der Waals surface area contributed by atoms with Crippen molar-refractivity contribution in [1.29, 1.82) is 0 Å². The maximum Gasteiger partial charge on any atom is 0.314 e. The number of aromatic hydroxyl groups is 1. The van der Waals surface area contributed by atoms with E-state index in [4.69, 9.17) is 16.7 Å². The molecule has 2 aromatic rings. The van der Waals surface area contributed by atoms with Crippen LogP contribution in [0.2, 0.25) is 5.02 Å². The van der Waals surface area contributed by atoms with E-state index >= 15 is 0 Å². The number of rotatable bonds is 0. The molecule has 0 fully saturated rings. The molecule has 0 aliphatic heterocycles. The highest BCUT2D eigenvalue weighted by Crippen LogP contribution is 2.17. The third-order valence-electron chi connectivity index (χ3n) is 1.53. The Morgan fingerprint density at radius 1 is 1.33 bits per heavy atom. The minimum Gasteiger partial charge on any atom is -0.479 e. The van der Waals surface area contributed by atoms with Gasteiger partial charge >= 0.3 is 6.01 Å². The molecule has 1 aromatic heterocycles. The van der Waals surface area contributed by atoms with Crippen LogP contribution in [0.3, 0.4) is 0 Å². The molecule has 0 aliphatic carbocycles. The Morgan fingerprint density at radius 2 is 2.17 bits per heavy atom. The van der Waals surface area contributed by atoms with Crippen LogP contribution in [0, 0.1) is 0 Å². The SMILES string of the molecule is Oc1ncc2cc(Cl)ccc2n1. The second kappa shape index (κ2) is 2.60. The molecule has 0 saturated carbocycles. The molecule has 0 radical (unpaired) electrons. The van der Waals surface area contributed by atoms with E-state index in [2.05, 4.69) is 9.97 Å². The summed E-state index contributed by atoms with van der Waals surface area (Å²) in [5, 5.41) is 10.4. The van der Waals surface area contributed by atoms with Crippen molar-refractivity contribution >= 4 is 22.5 Å². The van der Waals surface area contributed by atoms with Gasteiger partial charge in [-0.25, -0.2) is 4.98 Å². The Balaban J connectivity index is 2.79. The minimum absolute atomic E-state index is 0.218. The molecule has 0 saturated heterocycles. The fourth-order valence-electron chi connectivity index (χ4n) is 0.994. The average Bonchev–Trinajstić information content (AvgIpc) is 2.05. The number of aromatic nitrogens is 2. The highest BCUT2D eigenvalue weighted by Gasteiger charge is 1.97. The summed E-state index contributed by atoms with van der Waals surface area (Å²) < 4.78 is 0. The lowest BCUT2D eigenvalue weighted by molar-refractivity contribution is 0.433. The zero-order chi connectivity index (χ0) is 8.55. The van der Waals surface area contributed by atoms with Crippen LogP contribution < -0.4 is 0 Å². The van der Waals surface area contributed by atoms with E-state index in [1.165, 1.54) is 6.20 Å². The van der Waals surface area contributed by atoms with Crippen LogP contribution in [0.5, 0.6) is 6.01 Å². The lowest BCUT2D eigenvalue weighted by Crippen LogP contribution is -1.82. The number of halogens is 1. The van der Waals surface area contributed by atoms with Gasteiger partial charge in [-0.2, -0.15) is 4.98 Å². The lowest BCUT2D eigenvalue weighted by atomic mass is 10.2. The lowest BCUT2D eigenvalue weighted by Gasteiger charge is -1.96. The molecule has 0 bridgehead atoms. The molecule has 1 aromatic carbocycles. The molecule has 0 spiro atoms. The Bertz CT molecular complexity index is 389. The van der Waals surface area contributed by atoms with Crippen LogP contribution in [0.25, 0.3) is 10.9 Å². The molecular formula is C8H5ClN2O. The molecule has 4 heteroatoms. The van der Waals surface area contributed by atoms with Gasteiger partial charge in [-0.15, -0.1) is 0 Å². The quantitative estimate of drug-likeness (QED) is 0.675. The minimum atomic E-state index is -0.218. The zero-order valence-corrected chi connectivity index (χ0v) is 6.78. The molecule has 1 heterocycles. The molecular weight excluding hydrogens is 176 g/mol. The van der Waals surface area contributed by atoms with Gasteiger partial charge in [-0.05, 0) is 18.2 Å². The van der Waals surface area contributed by atoms with E-state index in [0.29, 0.717) is 10.5 Å². The van der Waals surface area contributed by atoms with Gasteiger partial charge in [0.05, 0.1) is 5.52 Å².